The Balaban J connectivity index is 1.40. The van der Waals surface area contributed by atoms with Crippen molar-refractivity contribution in [1.82, 2.24) is 15.3 Å². The highest BCUT2D eigenvalue weighted by Crippen LogP contribution is 2.40. The van der Waals surface area contributed by atoms with Gasteiger partial charge in [-0.05, 0) is 32.0 Å². The standard InChI is InChI=1S/C14H18Cl2N4O/c15-11-3-6-20(7-12(11)16)18-13-17-8-14(21-13)9-19-4-1-10(14)2-5-19/h3,6,10H,1-2,4-5,7-9H2,(H,17,18). The molecule has 0 radical (unpaired) electrons. The van der Waals surface area contributed by atoms with Crippen LogP contribution in [0.2, 0.25) is 0 Å². The van der Waals surface area contributed by atoms with E-state index in [0.717, 1.165) is 13.1 Å². The van der Waals surface area contributed by atoms with Crippen LogP contribution in [0.1, 0.15) is 12.8 Å². The molecule has 0 aliphatic carbocycles. The molecule has 1 N–H and O–H groups in total. The lowest BCUT2D eigenvalue weighted by Crippen LogP contribution is -2.61. The summed E-state index contributed by atoms with van der Waals surface area (Å²) in [6.45, 7) is 4.66. The Labute approximate surface area is 134 Å². The fraction of sp³-hybridized carbons (Fsp3) is 0.643. The summed E-state index contributed by atoms with van der Waals surface area (Å²) < 4.78 is 6.22. The van der Waals surface area contributed by atoms with Crippen molar-refractivity contribution >= 4 is 29.2 Å². The van der Waals surface area contributed by atoms with Crippen LogP contribution in [0, 0.1) is 5.92 Å². The van der Waals surface area contributed by atoms with Crippen LogP contribution in [0.5, 0.6) is 0 Å². The molecular weight excluding hydrogens is 311 g/mol. The molecule has 0 amide bonds. The molecule has 3 saturated heterocycles. The lowest BCUT2D eigenvalue weighted by atomic mass is 9.75. The van der Waals surface area contributed by atoms with Crippen molar-refractivity contribution in [2.45, 2.75) is 18.4 Å². The van der Waals surface area contributed by atoms with E-state index >= 15 is 0 Å². The van der Waals surface area contributed by atoms with Crippen molar-refractivity contribution in [3.63, 3.8) is 0 Å². The van der Waals surface area contributed by atoms with Gasteiger partial charge in [0.05, 0.1) is 23.2 Å². The number of nitrogens with zero attached hydrogens (tertiary/aromatic N) is 3. The van der Waals surface area contributed by atoms with Crippen LogP contribution >= 0.6 is 23.2 Å². The summed E-state index contributed by atoms with van der Waals surface area (Å²) in [6.07, 6.45) is 6.05. The lowest BCUT2D eigenvalue weighted by Gasteiger charge is -2.50. The maximum Gasteiger partial charge on any atom is 0.304 e. The van der Waals surface area contributed by atoms with Gasteiger partial charge in [0.25, 0.3) is 0 Å². The third-order valence-corrected chi connectivity index (χ3v) is 5.60. The first-order chi connectivity index (χ1) is 10.1. The molecule has 2 bridgehead atoms. The molecule has 5 heterocycles. The minimum atomic E-state index is -0.115. The van der Waals surface area contributed by atoms with Gasteiger partial charge in [0, 0.05) is 18.7 Å². The molecule has 21 heavy (non-hydrogen) atoms. The van der Waals surface area contributed by atoms with E-state index in [4.69, 9.17) is 27.9 Å². The normalized spacial score (nSPS) is 38.0. The molecule has 5 aliphatic rings. The number of rotatable bonds is 1. The molecule has 7 heteroatoms. The van der Waals surface area contributed by atoms with Gasteiger partial charge in [0.2, 0.25) is 0 Å². The first kappa shape index (κ1) is 13.7. The summed E-state index contributed by atoms with van der Waals surface area (Å²) in [4.78, 5) is 7.04. The Morgan fingerprint density at radius 2 is 2.14 bits per heavy atom. The molecule has 114 valence electrons. The summed E-state index contributed by atoms with van der Waals surface area (Å²) in [5, 5.41) is 3.04. The van der Waals surface area contributed by atoms with E-state index in [-0.39, 0.29) is 5.60 Å². The quantitative estimate of drug-likeness (QED) is 0.797. The Kier molecular flexibility index (Phi) is 3.32. The summed E-state index contributed by atoms with van der Waals surface area (Å²) in [5.41, 5.74) is 3.06. The molecule has 1 atom stereocenters. The number of halogens is 2. The van der Waals surface area contributed by atoms with Gasteiger partial charge in [-0.1, -0.05) is 23.2 Å². The van der Waals surface area contributed by atoms with E-state index in [0.29, 0.717) is 28.5 Å². The molecular formula is C14H18Cl2N4O. The highest BCUT2D eigenvalue weighted by molar-refractivity contribution is 6.40. The largest absolute Gasteiger partial charge is 0.454 e. The van der Waals surface area contributed by atoms with Crippen LogP contribution in [0.4, 0.5) is 0 Å². The second-order valence-corrected chi connectivity index (χ2v) is 7.01. The van der Waals surface area contributed by atoms with Crippen LogP contribution < -0.4 is 5.43 Å². The van der Waals surface area contributed by atoms with Gasteiger partial charge in [-0.15, -0.1) is 0 Å². The molecule has 0 saturated carbocycles. The number of fused-ring (bicyclic) bond motifs is 2. The Hall–Kier alpha value is -0.910. The Bertz CT molecular complexity index is 539. The predicted octanol–water partition coefficient (Wildman–Crippen LogP) is 1.86. The SMILES string of the molecule is ClC1=C(Cl)CN(NC2=NCC3(CN4CCC3CC4)O2)C=C1. The smallest absolute Gasteiger partial charge is 0.304 e. The number of aliphatic imine (C=N–C) groups is 1. The number of hydrogen-bond donors (Lipinski definition) is 1. The summed E-state index contributed by atoms with van der Waals surface area (Å²) in [7, 11) is 0. The number of allylic oxidation sites excluding steroid dienone is 2. The van der Waals surface area contributed by atoms with E-state index in [1.807, 2.05) is 11.2 Å². The zero-order chi connectivity index (χ0) is 14.4. The van der Waals surface area contributed by atoms with Gasteiger partial charge in [-0.2, -0.15) is 0 Å². The molecule has 5 rings (SSSR count). The zero-order valence-corrected chi connectivity index (χ0v) is 13.2. The van der Waals surface area contributed by atoms with Crippen LogP contribution in [0.25, 0.3) is 0 Å². The Morgan fingerprint density at radius 1 is 1.33 bits per heavy atom. The average molecular weight is 329 g/mol. The minimum Gasteiger partial charge on any atom is -0.454 e. The zero-order valence-electron chi connectivity index (χ0n) is 11.7. The molecule has 0 aromatic rings. The summed E-state index contributed by atoms with van der Waals surface area (Å²) in [5.74, 6) is 0.625. The van der Waals surface area contributed by atoms with Crippen LogP contribution in [0.15, 0.2) is 27.3 Å². The number of nitrogens with one attached hydrogen (secondary N) is 1. The van der Waals surface area contributed by atoms with Crippen LogP contribution in [-0.2, 0) is 4.74 Å². The molecule has 5 aliphatic heterocycles. The summed E-state index contributed by atoms with van der Waals surface area (Å²) >= 11 is 12.0. The van der Waals surface area contributed by atoms with Crippen molar-refractivity contribution in [3.8, 4) is 0 Å². The number of hydrogen-bond acceptors (Lipinski definition) is 5. The minimum absolute atomic E-state index is 0.115. The van der Waals surface area contributed by atoms with Gasteiger partial charge in [-0.25, -0.2) is 4.99 Å². The second-order valence-electron chi connectivity index (χ2n) is 6.15. The molecule has 1 spiro atoms. The van der Waals surface area contributed by atoms with Crippen LogP contribution in [0.3, 0.4) is 0 Å². The van der Waals surface area contributed by atoms with Gasteiger partial charge >= 0.3 is 6.02 Å². The van der Waals surface area contributed by atoms with Crippen molar-refractivity contribution in [2.24, 2.45) is 10.9 Å². The van der Waals surface area contributed by atoms with Gasteiger partial charge in [-0.3, -0.25) is 15.3 Å². The number of hydrazine groups is 1. The topological polar surface area (TPSA) is 40.1 Å². The van der Waals surface area contributed by atoms with E-state index in [1.54, 1.807) is 6.08 Å². The number of piperidine rings is 3. The third kappa shape index (κ3) is 2.41. The molecule has 0 aromatic carbocycles. The first-order valence-electron chi connectivity index (χ1n) is 7.36. The number of ether oxygens (including phenoxy) is 1. The highest BCUT2D eigenvalue weighted by Gasteiger charge is 2.51. The second kappa shape index (κ2) is 5.07. The van der Waals surface area contributed by atoms with Crippen molar-refractivity contribution < 1.29 is 4.74 Å². The molecule has 0 aromatic heterocycles. The van der Waals surface area contributed by atoms with Crippen molar-refractivity contribution in [1.29, 1.82) is 0 Å². The predicted molar refractivity (Wildman–Crippen MR) is 83.0 cm³/mol. The van der Waals surface area contributed by atoms with E-state index < -0.39 is 0 Å². The summed E-state index contributed by atoms with van der Waals surface area (Å²) in [6, 6.07) is 0.593. The van der Waals surface area contributed by atoms with E-state index in [9.17, 15) is 0 Å². The molecule has 3 fully saturated rings. The van der Waals surface area contributed by atoms with Gasteiger partial charge in [0.1, 0.15) is 5.60 Å². The van der Waals surface area contributed by atoms with Gasteiger partial charge < -0.3 is 4.74 Å². The first-order valence-corrected chi connectivity index (χ1v) is 8.12. The average Bonchev–Trinajstić information content (AvgIpc) is 2.87. The fourth-order valence-corrected chi connectivity index (χ4v) is 3.97. The maximum absolute atomic E-state index is 6.22. The lowest BCUT2D eigenvalue weighted by molar-refractivity contribution is -0.0861. The Morgan fingerprint density at radius 3 is 2.81 bits per heavy atom. The van der Waals surface area contributed by atoms with E-state index in [2.05, 4.69) is 15.3 Å². The van der Waals surface area contributed by atoms with Crippen LogP contribution in [-0.4, -0.2) is 54.3 Å². The highest BCUT2D eigenvalue weighted by atomic mass is 35.5. The molecule has 5 nitrogen and oxygen atoms in total. The fourth-order valence-electron chi connectivity index (χ4n) is 3.66. The molecule has 1 unspecified atom stereocenters. The number of amidine groups is 1. The van der Waals surface area contributed by atoms with Crippen molar-refractivity contribution in [2.75, 3.05) is 32.7 Å². The maximum atomic E-state index is 6.22. The van der Waals surface area contributed by atoms with E-state index in [1.165, 1.54) is 25.9 Å². The third-order valence-electron chi connectivity index (χ3n) is 4.82. The van der Waals surface area contributed by atoms with Crippen molar-refractivity contribution in [3.05, 3.63) is 22.3 Å². The van der Waals surface area contributed by atoms with Gasteiger partial charge in [0.15, 0.2) is 0 Å². The monoisotopic (exact) mass is 328 g/mol.